The maximum absolute atomic E-state index is 13.0. The maximum Gasteiger partial charge on any atom is 0.416 e. The summed E-state index contributed by atoms with van der Waals surface area (Å²) in [6.07, 6.45) is 0.341. The topological polar surface area (TPSA) is 69.3 Å². The fraction of sp³-hybridized carbons (Fsp3) is 0.458. The Morgan fingerprint density at radius 3 is 2.65 bits per heavy atom. The zero-order chi connectivity index (χ0) is 23.9. The van der Waals surface area contributed by atoms with Gasteiger partial charge in [-0.3, -0.25) is 9.59 Å². The summed E-state index contributed by atoms with van der Waals surface area (Å²) in [6.45, 7) is 1.81. The Labute approximate surface area is 198 Å². The summed E-state index contributed by atoms with van der Waals surface area (Å²) >= 11 is 1.59. The third-order valence-electron chi connectivity index (χ3n) is 6.62. The van der Waals surface area contributed by atoms with E-state index >= 15 is 0 Å². The van der Waals surface area contributed by atoms with Gasteiger partial charge in [-0.15, -0.1) is 11.3 Å². The molecule has 0 unspecified atom stereocenters. The van der Waals surface area contributed by atoms with Crippen LogP contribution in [0.4, 0.5) is 18.9 Å². The fourth-order valence-corrected chi connectivity index (χ4v) is 6.08. The quantitative estimate of drug-likeness (QED) is 0.596. The van der Waals surface area contributed by atoms with Crippen LogP contribution in [-0.2, 0) is 30.2 Å². The van der Waals surface area contributed by atoms with Gasteiger partial charge in [0.25, 0.3) is 5.56 Å². The number of halogens is 3. The third-order valence-corrected chi connectivity index (χ3v) is 7.81. The number of thiophene rings is 1. The van der Waals surface area contributed by atoms with Crippen LogP contribution in [0.3, 0.4) is 0 Å². The molecule has 1 aromatic carbocycles. The summed E-state index contributed by atoms with van der Waals surface area (Å²) < 4.78 is 39.0. The summed E-state index contributed by atoms with van der Waals surface area (Å²) in [4.78, 5) is 38.5. The average molecular weight is 491 g/mol. The number of alkyl halides is 3. The van der Waals surface area contributed by atoms with E-state index in [9.17, 15) is 22.8 Å². The normalized spacial score (nSPS) is 16.7. The maximum atomic E-state index is 13.0. The Bertz CT molecular complexity index is 1280. The lowest BCUT2D eigenvalue weighted by Gasteiger charge is -2.36. The largest absolute Gasteiger partial charge is 0.416 e. The number of anilines is 1. The Hall–Kier alpha value is -2.88. The van der Waals surface area contributed by atoms with Crippen molar-refractivity contribution >= 4 is 33.1 Å². The summed E-state index contributed by atoms with van der Waals surface area (Å²) in [7, 11) is 0. The van der Waals surface area contributed by atoms with Crippen LogP contribution in [0.15, 0.2) is 29.1 Å². The number of rotatable bonds is 4. The van der Waals surface area contributed by atoms with Gasteiger partial charge in [0.15, 0.2) is 0 Å². The van der Waals surface area contributed by atoms with Crippen LogP contribution in [0.1, 0.15) is 41.1 Å². The number of carbonyl (C=O) groups is 1. The SMILES string of the molecule is O=C(CCc1nc2sc3c(c2c(=O)[nH]1)CCCC3)N1CCN(c2cccc(C(F)(F)F)c2)CC1. The van der Waals surface area contributed by atoms with E-state index < -0.39 is 11.7 Å². The molecule has 0 radical (unpaired) electrons. The van der Waals surface area contributed by atoms with Gasteiger partial charge in [0.05, 0.1) is 10.9 Å². The highest BCUT2D eigenvalue weighted by atomic mass is 32.1. The van der Waals surface area contributed by atoms with Crippen molar-refractivity contribution in [2.45, 2.75) is 44.7 Å². The van der Waals surface area contributed by atoms with Crippen LogP contribution in [0, 0.1) is 0 Å². The van der Waals surface area contributed by atoms with Gasteiger partial charge >= 0.3 is 6.18 Å². The van der Waals surface area contributed by atoms with Crippen molar-refractivity contribution in [2.75, 3.05) is 31.1 Å². The lowest BCUT2D eigenvalue weighted by atomic mass is 9.97. The number of aromatic amines is 1. The Morgan fingerprint density at radius 2 is 1.88 bits per heavy atom. The fourth-order valence-electron chi connectivity index (χ4n) is 4.80. The summed E-state index contributed by atoms with van der Waals surface area (Å²) in [5.41, 5.74) is 0.854. The molecule has 34 heavy (non-hydrogen) atoms. The van der Waals surface area contributed by atoms with E-state index in [1.807, 2.05) is 4.90 Å². The molecule has 0 atom stereocenters. The molecule has 10 heteroatoms. The van der Waals surface area contributed by atoms with E-state index in [4.69, 9.17) is 0 Å². The van der Waals surface area contributed by atoms with Crippen LogP contribution >= 0.6 is 11.3 Å². The number of amides is 1. The molecule has 3 heterocycles. The van der Waals surface area contributed by atoms with Crippen molar-refractivity contribution in [3.8, 4) is 0 Å². The van der Waals surface area contributed by atoms with Gasteiger partial charge in [-0.2, -0.15) is 13.2 Å². The van der Waals surface area contributed by atoms with Crippen LogP contribution in [0.25, 0.3) is 10.2 Å². The molecule has 3 aromatic rings. The molecular weight excluding hydrogens is 465 g/mol. The molecule has 0 saturated carbocycles. The van der Waals surface area contributed by atoms with Gasteiger partial charge in [0.1, 0.15) is 10.7 Å². The molecule has 1 aliphatic carbocycles. The molecule has 6 nitrogen and oxygen atoms in total. The number of hydrogen-bond acceptors (Lipinski definition) is 5. The van der Waals surface area contributed by atoms with Gasteiger partial charge in [0, 0.05) is 49.6 Å². The van der Waals surface area contributed by atoms with Gasteiger partial charge in [0.2, 0.25) is 5.91 Å². The van der Waals surface area contributed by atoms with Crippen molar-refractivity contribution in [2.24, 2.45) is 0 Å². The molecule has 1 aliphatic heterocycles. The van der Waals surface area contributed by atoms with Gasteiger partial charge < -0.3 is 14.8 Å². The third kappa shape index (κ3) is 4.55. The minimum Gasteiger partial charge on any atom is -0.368 e. The van der Waals surface area contributed by atoms with E-state index in [2.05, 4.69) is 9.97 Å². The summed E-state index contributed by atoms with van der Waals surface area (Å²) in [6, 6.07) is 5.28. The molecule has 1 amide bonds. The minimum absolute atomic E-state index is 0.0445. The van der Waals surface area contributed by atoms with E-state index in [0.29, 0.717) is 49.5 Å². The van der Waals surface area contributed by atoms with Gasteiger partial charge in [-0.1, -0.05) is 6.07 Å². The highest BCUT2D eigenvalue weighted by Gasteiger charge is 2.31. The molecule has 0 bridgehead atoms. The van der Waals surface area contributed by atoms with E-state index in [1.165, 1.54) is 10.9 Å². The van der Waals surface area contributed by atoms with Crippen LogP contribution in [0.5, 0.6) is 0 Å². The van der Waals surface area contributed by atoms with Crippen molar-refractivity contribution in [3.63, 3.8) is 0 Å². The van der Waals surface area contributed by atoms with E-state index in [0.717, 1.165) is 48.2 Å². The first-order valence-electron chi connectivity index (χ1n) is 11.5. The molecule has 180 valence electrons. The van der Waals surface area contributed by atoms with Crippen molar-refractivity contribution < 1.29 is 18.0 Å². The van der Waals surface area contributed by atoms with Crippen molar-refractivity contribution in [3.05, 3.63) is 56.4 Å². The zero-order valence-corrected chi connectivity index (χ0v) is 19.4. The molecule has 5 rings (SSSR count). The second-order valence-corrected chi connectivity index (χ2v) is 9.90. The number of benzene rings is 1. The first kappa shape index (κ1) is 22.9. The Kier molecular flexibility index (Phi) is 6.09. The summed E-state index contributed by atoms with van der Waals surface area (Å²) in [5.74, 6) is 0.476. The Balaban J connectivity index is 1.19. The molecule has 1 saturated heterocycles. The zero-order valence-electron chi connectivity index (χ0n) is 18.6. The van der Waals surface area contributed by atoms with E-state index in [-0.39, 0.29) is 17.9 Å². The average Bonchev–Trinajstić information content (AvgIpc) is 3.21. The second-order valence-electron chi connectivity index (χ2n) is 8.82. The molecule has 1 N–H and O–H groups in total. The highest BCUT2D eigenvalue weighted by Crippen LogP contribution is 2.34. The number of hydrogen-bond donors (Lipinski definition) is 1. The molecule has 0 spiro atoms. The molecule has 2 aromatic heterocycles. The molecule has 2 aliphatic rings. The van der Waals surface area contributed by atoms with Crippen molar-refractivity contribution in [1.82, 2.24) is 14.9 Å². The van der Waals surface area contributed by atoms with Gasteiger partial charge in [-0.25, -0.2) is 4.98 Å². The lowest BCUT2D eigenvalue weighted by molar-refractivity contribution is -0.137. The standard InChI is InChI=1S/C24H25F3N4O2S/c25-24(26,27)15-4-3-5-16(14-15)30-10-12-31(13-11-30)20(32)9-8-19-28-22(33)21-17-6-1-2-7-18(17)34-23(21)29-19/h3-5,14H,1-2,6-13H2,(H,28,29,33). The number of H-pyrrole nitrogens is 1. The first-order chi connectivity index (χ1) is 16.3. The number of nitrogens with one attached hydrogen (secondary N) is 1. The number of aromatic nitrogens is 2. The summed E-state index contributed by atoms with van der Waals surface area (Å²) in [5, 5.41) is 0.709. The van der Waals surface area contributed by atoms with Crippen LogP contribution in [-0.4, -0.2) is 47.0 Å². The monoisotopic (exact) mass is 490 g/mol. The number of aryl methyl sites for hydroxylation is 3. The molecular formula is C24H25F3N4O2S. The number of fused-ring (bicyclic) bond motifs is 3. The number of nitrogens with zero attached hydrogens (tertiary/aromatic N) is 3. The van der Waals surface area contributed by atoms with E-state index in [1.54, 1.807) is 22.3 Å². The van der Waals surface area contributed by atoms with Crippen molar-refractivity contribution in [1.29, 1.82) is 0 Å². The van der Waals surface area contributed by atoms with Crippen LogP contribution in [0.2, 0.25) is 0 Å². The number of piperazine rings is 1. The number of carbonyl (C=O) groups excluding carboxylic acids is 1. The molecule has 1 fully saturated rings. The predicted molar refractivity (Wildman–Crippen MR) is 125 cm³/mol. The first-order valence-corrected chi connectivity index (χ1v) is 12.3. The Morgan fingerprint density at radius 1 is 1.12 bits per heavy atom. The minimum atomic E-state index is -4.38. The second kappa shape index (κ2) is 9.05. The predicted octanol–water partition coefficient (Wildman–Crippen LogP) is 4.16. The highest BCUT2D eigenvalue weighted by molar-refractivity contribution is 7.18. The van der Waals surface area contributed by atoms with Crippen LogP contribution < -0.4 is 10.5 Å². The lowest BCUT2D eigenvalue weighted by Crippen LogP contribution is -2.48. The van der Waals surface area contributed by atoms with Gasteiger partial charge in [-0.05, 0) is 49.4 Å². The smallest absolute Gasteiger partial charge is 0.368 e.